The van der Waals surface area contributed by atoms with Gasteiger partial charge in [-0.3, -0.25) is 9.67 Å². The van der Waals surface area contributed by atoms with Crippen LogP contribution in [0.4, 0.5) is 0 Å². The first-order valence-electron chi connectivity index (χ1n) is 6.97. The molecule has 0 aliphatic rings. The molecule has 1 atom stereocenters. The van der Waals surface area contributed by atoms with E-state index in [4.69, 9.17) is 0 Å². The molecule has 21 heavy (non-hydrogen) atoms. The number of hydrogen-bond acceptors (Lipinski definition) is 3. The predicted molar refractivity (Wildman–Crippen MR) is 88.0 cm³/mol. The SMILES string of the molecule is CC(Cn1cccn1)NCc1ccc(Br)c2cccnc12. The third-order valence-corrected chi connectivity index (χ3v) is 4.15. The highest BCUT2D eigenvalue weighted by molar-refractivity contribution is 9.10. The molecule has 108 valence electrons. The Labute approximate surface area is 132 Å². The van der Waals surface area contributed by atoms with Gasteiger partial charge in [-0.05, 0) is 30.7 Å². The highest BCUT2D eigenvalue weighted by Crippen LogP contribution is 2.25. The zero-order valence-corrected chi connectivity index (χ0v) is 13.4. The Morgan fingerprint density at radius 1 is 1.24 bits per heavy atom. The van der Waals surface area contributed by atoms with E-state index in [1.165, 1.54) is 5.56 Å². The lowest BCUT2D eigenvalue weighted by atomic mass is 10.1. The van der Waals surface area contributed by atoms with Gasteiger partial charge >= 0.3 is 0 Å². The van der Waals surface area contributed by atoms with Crippen molar-refractivity contribution in [3.8, 4) is 0 Å². The van der Waals surface area contributed by atoms with Gasteiger partial charge in [0.25, 0.3) is 0 Å². The highest BCUT2D eigenvalue weighted by Gasteiger charge is 2.07. The largest absolute Gasteiger partial charge is 0.308 e. The van der Waals surface area contributed by atoms with Crippen LogP contribution in [-0.4, -0.2) is 20.8 Å². The number of aromatic nitrogens is 3. The first kappa shape index (κ1) is 14.2. The number of pyridine rings is 1. The van der Waals surface area contributed by atoms with E-state index in [0.29, 0.717) is 6.04 Å². The molecule has 2 heterocycles. The molecule has 4 nitrogen and oxygen atoms in total. The van der Waals surface area contributed by atoms with Gasteiger partial charge in [0, 0.05) is 41.0 Å². The molecule has 5 heteroatoms. The van der Waals surface area contributed by atoms with E-state index >= 15 is 0 Å². The van der Waals surface area contributed by atoms with Crippen molar-refractivity contribution in [2.24, 2.45) is 0 Å². The van der Waals surface area contributed by atoms with Crippen molar-refractivity contribution in [3.05, 3.63) is 59.0 Å². The lowest BCUT2D eigenvalue weighted by Gasteiger charge is -2.15. The average Bonchev–Trinajstić information content (AvgIpc) is 3.00. The first-order chi connectivity index (χ1) is 10.2. The number of rotatable bonds is 5. The first-order valence-corrected chi connectivity index (χ1v) is 7.76. The quantitative estimate of drug-likeness (QED) is 0.771. The van der Waals surface area contributed by atoms with Gasteiger partial charge in [-0.1, -0.05) is 28.1 Å². The molecule has 0 aliphatic heterocycles. The summed E-state index contributed by atoms with van der Waals surface area (Å²) in [5.41, 5.74) is 2.26. The summed E-state index contributed by atoms with van der Waals surface area (Å²) in [6, 6.07) is 10.5. The third kappa shape index (κ3) is 3.31. The van der Waals surface area contributed by atoms with Crippen LogP contribution < -0.4 is 5.32 Å². The van der Waals surface area contributed by atoms with E-state index in [9.17, 15) is 0 Å². The fourth-order valence-corrected chi connectivity index (χ4v) is 2.83. The molecule has 0 amide bonds. The lowest BCUT2D eigenvalue weighted by Crippen LogP contribution is -2.30. The minimum absolute atomic E-state index is 0.340. The van der Waals surface area contributed by atoms with Crippen molar-refractivity contribution in [2.45, 2.75) is 26.1 Å². The number of nitrogens with one attached hydrogen (secondary N) is 1. The molecular formula is C16H17BrN4. The molecule has 0 aliphatic carbocycles. The molecule has 3 aromatic rings. The monoisotopic (exact) mass is 344 g/mol. The number of nitrogens with zero attached hydrogens (tertiary/aromatic N) is 3. The summed E-state index contributed by atoms with van der Waals surface area (Å²) >= 11 is 3.58. The van der Waals surface area contributed by atoms with Crippen LogP contribution in [0.1, 0.15) is 12.5 Å². The Morgan fingerprint density at radius 3 is 2.95 bits per heavy atom. The van der Waals surface area contributed by atoms with E-state index in [1.807, 2.05) is 29.2 Å². The predicted octanol–water partition coefficient (Wildman–Crippen LogP) is 3.37. The Balaban J connectivity index is 1.72. The van der Waals surface area contributed by atoms with Crippen LogP contribution in [0.15, 0.2) is 53.4 Å². The van der Waals surface area contributed by atoms with Gasteiger partial charge in [-0.2, -0.15) is 5.10 Å². The van der Waals surface area contributed by atoms with Crippen LogP contribution in [-0.2, 0) is 13.1 Å². The molecule has 0 radical (unpaired) electrons. The van der Waals surface area contributed by atoms with Crippen LogP contribution >= 0.6 is 15.9 Å². The fourth-order valence-electron chi connectivity index (χ4n) is 2.38. The van der Waals surface area contributed by atoms with Crippen LogP contribution in [0.3, 0.4) is 0 Å². The van der Waals surface area contributed by atoms with Crippen LogP contribution in [0.5, 0.6) is 0 Å². The second-order valence-corrected chi connectivity index (χ2v) is 5.97. The van der Waals surface area contributed by atoms with Crippen molar-refractivity contribution in [3.63, 3.8) is 0 Å². The summed E-state index contributed by atoms with van der Waals surface area (Å²) in [6.07, 6.45) is 5.62. The maximum atomic E-state index is 4.51. The van der Waals surface area contributed by atoms with Gasteiger partial charge in [-0.15, -0.1) is 0 Å². The average molecular weight is 345 g/mol. The molecule has 1 unspecified atom stereocenters. The minimum Gasteiger partial charge on any atom is -0.308 e. The Kier molecular flexibility index (Phi) is 4.31. The molecule has 0 saturated carbocycles. The van der Waals surface area contributed by atoms with Crippen molar-refractivity contribution in [1.82, 2.24) is 20.1 Å². The zero-order chi connectivity index (χ0) is 14.7. The topological polar surface area (TPSA) is 42.7 Å². The zero-order valence-electron chi connectivity index (χ0n) is 11.8. The minimum atomic E-state index is 0.340. The van der Waals surface area contributed by atoms with Gasteiger partial charge in [0.05, 0.1) is 12.1 Å². The van der Waals surface area contributed by atoms with Gasteiger partial charge < -0.3 is 5.32 Å². The molecular weight excluding hydrogens is 328 g/mol. The van der Waals surface area contributed by atoms with E-state index in [2.05, 4.69) is 56.5 Å². The van der Waals surface area contributed by atoms with Gasteiger partial charge in [0.15, 0.2) is 0 Å². The number of benzene rings is 1. The molecule has 0 saturated heterocycles. The molecule has 1 N–H and O–H groups in total. The van der Waals surface area contributed by atoms with Crippen LogP contribution in [0.25, 0.3) is 10.9 Å². The van der Waals surface area contributed by atoms with Gasteiger partial charge in [-0.25, -0.2) is 0 Å². The summed E-state index contributed by atoms with van der Waals surface area (Å²) in [7, 11) is 0. The third-order valence-electron chi connectivity index (χ3n) is 3.46. The Bertz CT molecular complexity index is 724. The van der Waals surface area contributed by atoms with Crippen molar-refractivity contribution in [1.29, 1.82) is 0 Å². The molecule has 2 aromatic heterocycles. The Hall–Kier alpha value is -1.72. The number of fused-ring (bicyclic) bond motifs is 1. The smallest absolute Gasteiger partial charge is 0.0758 e. The van der Waals surface area contributed by atoms with E-state index in [1.54, 1.807) is 6.20 Å². The molecule has 0 bridgehead atoms. The molecule has 0 spiro atoms. The van der Waals surface area contributed by atoms with Gasteiger partial charge in [0.2, 0.25) is 0 Å². The van der Waals surface area contributed by atoms with Crippen molar-refractivity contribution in [2.75, 3.05) is 0 Å². The summed E-state index contributed by atoms with van der Waals surface area (Å²) in [6.45, 7) is 3.81. The maximum Gasteiger partial charge on any atom is 0.0758 e. The van der Waals surface area contributed by atoms with Crippen LogP contribution in [0.2, 0.25) is 0 Å². The van der Waals surface area contributed by atoms with E-state index < -0.39 is 0 Å². The number of hydrogen-bond donors (Lipinski definition) is 1. The normalized spacial score (nSPS) is 12.7. The van der Waals surface area contributed by atoms with E-state index in [0.717, 1.165) is 28.5 Å². The second kappa shape index (κ2) is 6.37. The van der Waals surface area contributed by atoms with E-state index in [-0.39, 0.29) is 0 Å². The molecule has 3 rings (SSSR count). The second-order valence-electron chi connectivity index (χ2n) is 5.12. The van der Waals surface area contributed by atoms with Crippen LogP contribution in [0, 0.1) is 0 Å². The standard InChI is InChI=1S/C16H17BrN4/c1-12(11-21-9-3-8-20-21)19-10-13-5-6-15(17)14-4-2-7-18-16(13)14/h2-9,12,19H,10-11H2,1H3. The van der Waals surface area contributed by atoms with Gasteiger partial charge in [0.1, 0.15) is 0 Å². The lowest BCUT2D eigenvalue weighted by molar-refractivity contribution is 0.451. The summed E-state index contributed by atoms with van der Waals surface area (Å²) < 4.78 is 3.02. The highest BCUT2D eigenvalue weighted by atomic mass is 79.9. The maximum absolute atomic E-state index is 4.51. The number of halogens is 1. The summed E-state index contributed by atoms with van der Waals surface area (Å²) in [5.74, 6) is 0. The Morgan fingerprint density at radius 2 is 2.14 bits per heavy atom. The van der Waals surface area contributed by atoms with Crippen molar-refractivity contribution < 1.29 is 0 Å². The summed E-state index contributed by atoms with van der Waals surface area (Å²) in [5, 5.41) is 8.91. The summed E-state index contributed by atoms with van der Waals surface area (Å²) in [4.78, 5) is 4.51. The van der Waals surface area contributed by atoms with Crippen molar-refractivity contribution >= 4 is 26.8 Å². The molecule has 0 fully saturated rings. The molecule has 1 aromatic carbocycles. The fraction of sp³-hybridized carbons (Fsp3) is 0.250.